The molecule has 2 rings (SSSR count). The molecule has 6 nitrogen and oxygen atoms in total. The highest BCUT2D eigenvalue weighted by Gasteiger charge is 2.16. The number of nitrogens with zero attached hydrogens (tertiary/aromatic N) is 1. The van der Waals surface area contributed by atoms with Crippen molar-refractivity contribution in [3.8, 4) is 0 Å². The maximum Gasteiger partial charge on any atom is 0.319 e. The SMILES string of the molecule is O=C(O)Cc1ccc(NC(=O)NCC2CCCS2)cn1. The zero-order chi connectivity index (χ0) is 14.4. The Labute approximate surface area is 121 Å². The number of thioether (sulfide) groups is 1. The summed E-state index contributed by atoms with van der Waals surface area (Å²) in [7, 11) is 0. The van der Waals surface area contributed by atoms with E-state index in [2.05, 4.69) is 15.6 Å². The van der Waals surface area contributed by atoms with Crippen LogP contribution in [-0.2, 0) is 11.2 Å². The van der Waals surface area contributed by atoms with Gasteiger partial charge in [-0.1, -0.05) is 0 Å². The number of urea groups is 1. The third kappa shape index (κ3) is 4.73. The van der Waals surface area contributed by atoms with Crippen molar-refractivity contribution in [1.29, 1.82) is 0 Å². The maximum atomic E-state index is 11.7. The molecular formula is C13H17N3O3S. The third-order valence-electron chi connectivity index (χ3n) is 2.93. The summed E-state index contributed by atoms with van der Waals surface area (Å²) in [6, 6.07) is 2.98. The number of carbonyl (C=O) groups excluding carboxylic acids is 1. The van der Waals surface area contributed by atoms with Crippen LogP contribution in [0.1, 0.15) is 18.5 Å². The van der Waals surface area contributed by atoms with Gasteiger partial charge < -0.3 is 15.7 Å². The molecule has 108 valence electrons. The predicted molar refractivity (Wildman–Crippen MR) is 78.1 cm³/mol. The normalized spacial score (nSPS) is 17.7. The van der Waals surface area contributed by atoms with Crippen LogP contribution in [0.4, 0.5) is 10.5 Å². The molecule has 1 fully saturated rings. The average molecular weight is 295 g/mol. The van der Waals surface area contributed by atoms with Crippen molar-refractivity contribution < 1.29 is 14.7 Å². The summed E-state index contributed by atoms with van der Waals surface area (Å²) in [5, 5.41) is 14.6. The predicted octanol–water partition coefficient (Wildman–Crippen LogP) is 1.73. The summed E-state index contributed by atoms with van der Waals surface area (Å²) in [6.07, 6.45) is 3.71. The van der Waals surface area contributed by atoms with Gasteiger partial charge in [0.25, 0.3) is 0 Å². The van der Waals surface area contributed by atoms with Gasteiger partial charge in [-0.15, -0.1) is 0 Å². The lowest BCUT2D eigenvalue weighted by molar-refractivity contribution is -0.136. The molecule has 0 aromatic carbocycles. The molecule has 1 aliphatic rings. The number of aliphatic carboxylic acids is 1. The largest absolute Gasteiger partial charge is 0.481 e. The monoisotopic (exact) mass is 295 g/mol. The fraction of sp³-hybridized carbons (Fsp3) is 0.462. The first kappa shape index (κ1) is 14.6. The van der Waals surface area contributed by atoms with Crippen molar-refractivity contribution in [1.82, 2.24) is 10.3 Å². The molecule has 0 aliphatic carbocycles. The Morgan fingerprint density at radius 1 is 1.45 bits per heavy atom. The number of amides is 2. The first-order chi connectivity index (χ1) is 9.63. The Morgan fingerprint density at radius 3 is 2.90 bits per heavy atom. The molecule has 3 N–H and O–H groups in total. The number of aromatic nitrogens is 1. The number of carbonyl (C=O) groups is 2. The van der Waals surface area contributed by atoms with Crippen LogP contribution in [0.5, 0.6) is 0 Å². The number of pyridine rings is 1. The minimum Gasteiger partial charge on any atom is -0.481 e. The molecule has 1 saturated heterocycles. The van der Waals surface area contributed by atoms with Crippen LogP contribution in [0.3, 0.4) is 0 Å². The van der Waals surface area contributed by atoms with E-state index in [1.54, 1.807) is 12.1 Å². The fourth-order valence-electron chi connectivity index (χ4n) is 1.95. The number of carboxylic acid groups (broad SMARTS) is 1. The summed E-state index contributed by atoms with van der Waals surface area (Å²) in [5.74, 6) is 0.244. The minimum absolute atomic E-state index is 0.120. The molecule has 1 aliphatic heterocycles. The number of hydrogen-bond donors (Lipinski definition) is 3. The Hall–Kier alpha value is -1.76. The van der Waals surface area contributed by atoms with Gasteiger partial charge in [0.2, 0.25) is 0 Å². The first-order valence-corrected chi connectivity index (χ1v) is 7.51. The van der Waals surface area contributed by atoms with Crippen LogP contribution in [0, 0.1) is 0 Å². The Balaban J connectivity index is 1.76. The van der Waals surface area contributed by atoms with E-state index < -0.39 is 5.97 Å². The summed E-state index contributed by atoms with van der Waals surface area (Å²) in [6.45, 7) is 0.668. The second-order valence-electron chi connectivity index (χ2n) is 4.58. The van der Waals surface area contributed by atoms with Gasteiger partial charge in [-0.25, -0.2) is 4.79 Å². The van der Waals surface area contributed by atoms with Crippen LogP contribution < -0.4 is 10.6 Å². The summed E-state index contributed by atoms with van der Waals surface area (Å²) >= 11 is 1.89. The standard InChI is InChI=1S/C13H17N3O3S/c17-12(18)6-9-3-4-10(7-14-9)16-13(19)15-8-11-2-1-5-20-11/h3-4,7,11H,1-2,5-6,8H2,(H,17,18)(H2,15,16,19). The third-order valence-corrected chi connectivity index (χ3v) is 4.33. The molecule has 2 amide bonds. The van der Waals surface area contributed by atoms with Crippen molar-refractivity contribution >= 4 is 29.4 Å². The lowest BCUT2D eigenvalue weighted by Crippen LogP contribution is -2.33. The van der Waals surface area contributed by atoms with Crippen molar-refractivity contribution in [3.05, 3.63) is 24.0 Å². The lowest BCUT2D eigenvalue weighted by atomic mass is 10.2. The van der Waals surface area contributed by atoms with Crippen molar-refractivity contribution in [2.45, 2.75) is 24.5 Å². The van der Waals surface area contributed by atoms with E-state index in [-0.39, 0.29) is 12.5 Å². The van der Waals surface area contributed by atoms with Gasteiger partial charge in [0.15, 0.2) is 0 Å². The average Bonchev–Trinajstić information content (AvgIpc) is 2.91. The van der Waals surface area contributed by atoms with Crippen LogP contribution in [0.2, 0.25) is 0 Å². The highest BCUT2D eigenvalue weighted by molar-refractivity contribution is 8.00. The Morgan fingerprint density at radius 2 is 2.30 bits per heavy atom. The van der Waals surface area contributed by atoms with E-state index in [0.717, 1.165) is 6.42 Å². The molecule has 1 atom stereocenters. The molecule has 7 heteroatoms. The molecule has 2 heterocycles. The van der Waals surface area contributed by atoms with Gasteiger partial charge in [-0.05, 0) is 30.7 Å². The summed E-state index contributed by atoms with van der Waals surface area (Å²) in [4.78, 5) is 26.2. The second kappa shape index (κ2) is 7.14. The van der Waals surface area contributed by atoms with Crippen molar-refractivity contribution in [2.75, 3.05) is 17.6 Å². The molecule has 20 heavy (non-hydrogen) atoms. The smallest absolute Gasteiger partial charge is 0.319 e. The van der Waals surface area contributed by atoms with E-state index in [4.69, 9.17) is 5.11 Å². The molecular weight excluding hydrogens is 278 g/mol. The quantitative estimate of drug-likeness (QED) is 0.769. The highest BCUT2D eigenvalue weighted by Crippen LogP contribution is 2.25. The second-order valence-corrected chi connectivity index (χ2v) is 5.99. The molecule has 0 bridgehead atoms. The maximum absolute atomic E-state index is 11.7. The number of hydrogen-bond acceptors (Lipinski definition) is 4. The number of anilines is 1. The van der Waals surface area contributed by atoms with Gasteiger partial charge in [0.05, 0.1) is 24.0 Å². The van der Waals surface area contributed by atoms with Crippen LogP contribution in [0.25, 0.3) is 0 Å². The zero-order valence-corrected chi connectivity index (χ0v) is 11.8. The molecule has 1 aromatic heterocycles. The minimum atomic E-state index is -0.926. The van der Waals surface area contributed by atoms with Gasteiger partial charge in [-0.2, -0.15) is 11.8 Å². The van der Waals surface area contributed by atoms with E-state index >= 15 is 0 Å². The molecule has 0 saturated carbocycles. The highest BCUT2D eigenvalue weighted by atomic mass is 32.2. The molecule has 0 spiro atoms. The fourth-order valence-corrected chi connectivity index (χ4v) is 3.15. The summed E-state index contributed by atoms with van der Waals surface area (Å²) < 4.78 is 0. The van der Waals surface area contributed by atoms with Gasteiger partial charge >= 0.3 is 12.0 Å². The molecule has 0 radical (unpaired) electrons. The van der Waals surface area contributed by atoms with Crippen molar-refractivity contribution in [3.63, 3.8) is 0 Å². The topological polar surface area (TPSA) is 91.3 Å². The van der Waals surface area contributed by atoms with E-state index in [1.165, 1.54) is 18.4 Å². The van der Waals surface area contributed by atoms with Crippen LogP contribution in [0.15, 0.2) is 18.3 Å². The van der Waals surface area contributed by atoms with E-state index in [9.17, 15) is 9.59 Å². The van der Waals surface area contributed by atoms with Crippen LogP contribution >= 0.6 is 11.8 Å². The van der Waals surface area contributed by atoms with E-state index in [1.807, 2.05) is 11.8 Å². The van der Waals surface area contributed by atoms with Gasteiger partial charge in [0, 0.05) is 11.8 Å². The zero-order valence-electron chi connectivity index (χ0n) is 11.0. The van der Waals surface area contributed by atoms with E-state index in [0.29, 0.717) is 23.2 Å². The molecule has 1 unspecified atom stereocenters. The van der Waals surface area contributed by atoms with Crippen LogP contribution in [-0.4, -0.2) is 39.6 Å². The Bertz CT molecular complexity index is 472. The number of rotatable bonds is 5. The van der Waals surface area contributed by atoms with Gasteiger partial charge in [0.1, 0.15) is 0 Å². The summed E-state index contributed by atoms with van der Waals surface area (Å²) in [5.41, 5.74) is 1.02. The number of nitrogens with one attached hydrogen (secondary N) is 2. The number of carboxylic acids is 1. The van der Waals surface area contributed by atoms with Gasteiger partial charge in [-0.3, -0.25) is 9.78 Å². The van der Waals surface area contributed by atoms with Crippen molar-refractivity contribution in [2.24, 2.45) is 0 Å². The first-order valence-electron chi connectivity index (χ1n) is 6.46. The lowest BCUT2D eigenvalue weighted by Gasteiger charge is -2.11. The molecule has 1 aromatic rings. The Kier molecular flexibility index (Phi) is 5.23.